The average Bonchev–Trinajstić information content (AvgIpc) is 2.40. The fraction of sp³-hybridized carbons (Fsp3) is 0.500. The van der Waals surface area contributed by atoms with Crippen LogP contribution in [0.5, 0.6) is 5.75 Å². The van der Waals surface area contributed by atoms with E-state index < -0.39 is 6.10 Å². The average molecular weight is 244 g/mol. The molecule has 1 aliphatic rings. The fourth-order valence-corrected chi connectivity index (χ4v) is 2.22. The van der Waals surface area contributed by atoms with Gasteiger partial charge in [0.25, 0.3) is 0 Å². The van der Waals surface area contributed by atoms with Crippen molar-refractivity contribution < 1.29 is 9.84 Å². The number of hydrogen-bond acceptors (Lipinski definition) is 3. The molecule has 16 heavy (non-hydrogen) atoms. The monoisotopic (exact) mass is 243 g/mol. The third-order valence-electron chi connectivity index (χ3n) is 3.08. The lowest BCUT2D eigenvalue weighted by molar-refractivity contribution is 0.144. The molecule has 0 aromatic heterocycles. The van der Waals surface area contributed by atoms with Gasteiger partial charge in [0, 0.05) is 6.04 Å². The van der Waals surface area contributed by atoms with E-state index in [1.807, 2.05) is 18.2 Å². The van der Waals surface area contributed by atoms with Crippen molar-refractivity contribution in [1.82, 2.24) is 0 Å². The summed E-state index contributed by atoms with van der Waals surface area (Å²) in [4.78, 5) is 0. The van der Waals surface area contributed by atoms with E-state index in [1.54, 1.807) is 7.11 Å². The Morgan fingerprint density at radius 2 is 2.19 bits per heavy atom. The van der Waals surface area contributed by atoms with E-state index in [-0.39, 0.29) is 18.4 Å². The largest absolute Gasteiger partial charge is 0.496 e. The van der Waals surface area contributed by atoms with Gasteiger partial charge >= 0.3 is 0 Å². The Kier molecular flexibility index (Phi) is 4.59. The SMILES string of the molecule is COc1cccc2c1CCCC(N)C2O.Cl. The molecule has 3 N–H and O–H groups in total. The number of aliphatic hydroxyl groups is 1. The van der Waals surface area contributed by atoms with Gasteiger partial charge in [-0.05, 0) is 36.5 Å². The number of halogens is 1. The Labute approximate surface area is 102 Å². The second kappa shape index (κ2) is 5.53. The molecule has 0 aliphatic heterocycles. The lowest BCUT2D eigenvalue weighted by atomic mass is 9.98. The summed E-state index contributed by atoms with van der Waals surface area (Å²) in [5, 5.41) is 10.0. The first-order valence-electron chi connectivity index (χ1n) is 5.33. The van der Waals surface area contributed by atoms with Gasteiger partial charge in [0.15, 0.2) is 0 Å². The van der Waals surface area contributed by atoms with Crippen LogP contribution in [0, 0.1) is 0 Å². The van der Waals surface area contributed by atoms with Crippen LogP contribution in [-0.2, 0) is 6.42 Å². The highest BCUT2D eigenvalue weighted by Gasteiger charge is 2.24. The third-order valence-corrected chi connectivity index (χ3v) is 3.08. The van der Waals surface area contributed by atoms with Gasteiger partial charge in [-0.3, -0.25) is 0 Å². The maximum Gasteiger partial charge on any atom is 0.122 e. The first-order chi connectivity index (χ1) is 7.24. The molecule has 2 unspecified atom stereocenters. The third kappa shape index (κ3) is 2.32. The summed E-state index contributed by atoms with van der Waals surface area (Å²) in [6, 6.07) is 5.62. The lowest BCUT2D eigenvalue weighted by Crippen LogP contribution is -2.27. The molecule has 0 fully saturated rings. The molecule has 0 radical (unpaired) electrons. The molecule has 0 amide bonds. The highest BCUT2D eigenvalue weighted by Crippen LogP contribution is 2.33. The molecule has 3 nitrogen and oxygen atoms in total. The Hall–Kier alpha value is -0.770. The minimum atomic E-state index is -0.558. The maximum atomic E-state index is 10.0. The molecule has 0 spiro atoms. The number of aliphatic hydroxyl groups excluding tert-OH is 1. The normalized spacial score (nSPS) is 23.9. The van der Waals surface area contributed by atoms with Gasteiger partial charge in [-0.2, -0.15) is 0 Å². The first kappa shape index (κ1) is 13.3. The number of methoxy groups -OCH3 is 1. The van der Waals surface area contributed by atoms with E-state index in [0.717, 1.165) is 36.1 Å². The van der Waals surface area contributed by atoms with E-state index >= 15 is 0 Å². The van der Waals surface area contributed by atoms with Crippen LogP contribution in [-0.4, -0.2) is 18.3 Å². The van der Waals surface area contributed by atoms with E-state index in [4.69, 9.17) is 10.5 Å². The quantitative estimate of drug-likeness (QED) is 0.740. The number of hydrogen-bond donors (Lipinski definition) is 2. The Morgan fingerprint density at radius 3 is 2.88 bits per heavy atom. The molecule has 4 heteroatoms. The molecule has 0 saturated carbocycles. The molecule has 1 aromatic rings. The second-order valence-corrected chi connectivity index (χ2v) is 4.03. The Bertz CT molecular complexity index is 357. The predicted molar refractivity (Wildman–Crippen MR) is 66.1 cm³/mol. The van der Waals surface area contributed by atoms with Crippen molar-refractivity contribution in [2.75, 3.05) is 7.11 Å². The zero-order valence-corrected chi connectivity index (χ0v) is 10.2. The van der Waals surface area contributed by atoms with Gasteiger partial charge in [0.05, 0.1) is 13.2 Å². The van der Waals surface area contributed by atoms with Crippen molar-refractivity contribution in [2.45, 2.75) is 31.4 Å². The van der Waals surface area contributed by atoms with Crippen molar-refractivity contribution >= 4 is 12.4 Å². The Morgan fingerprint density at radius 1 is 1.44 bits per heavy atom. The van der Waals surface area contributed by atoms with Crippen molar-refractivity contribution in [2.24, 2.45) is 5.73 Å². The number of fused-ring (bicyclic) bond motifs is 1. The highest BCUT2D eigenvalue weighted by molar-refractivity contribution is 5.85. The summed E-state index contributed by atoms with van der Waals surface area (Å²) in [6.07, 6.45) is 2.24. The Balaban J connectivity index is 0.00000128. The molecule has 1 aromatic carbocycles. The van der Waals surface area contributed by atoms with Crippen LogP contribution in [0.15, 0.2) is 18.2 Å². The standard InChI is InChI=1S/C12H17NO2.ClH/c1-15-11-7-3-5-9-8(11)4-2-6-10(13)12(9)14;/h3,5,7,10,12,14H,2,4,6,13H2,1H3;1H. The van der Waals surface area contributed by atoms with Gasteiger partial charge < -0.3 is 15.6 Å². The van der Waals surface area contributed by atoms with Gasteiger partial charge in [0.1, 0.15) is 5.75 Å². The molecule has 2 atom stereocenters. The second-order valence-electron chi connectivity index (χ2n) is 4.03. The molecular weight excluding hydrogens is 226 g/mol. The van der Waals surface area contributed by atoms with Crippen LogP contribution in [0.1, 0.15) is 30.1 Å². The number of nitrogens with two attached hydrogens (primary N) is 1. The summed E-state index contributed by atoms with van der Waals surface area (Å²) in [5.41, 5.74) is 7.94. The lowest BCUT2D eigenvalue weighted by Gasteiger charge is -2.18. The topological polar surface area (TPSA) is 55.5 Å². The van der Waals surface area contributed by atoms with Crippen LogP contribution in [0.4, 0.5) is 0 Å². The van der Waals surface area contributed by atoms with Crippen molar-refractivity contribution in [3.8, 4) is 5.75 Å². The highest BCUT2D eigenvalue weighted by atomic mass is 35.5. The summed E-state index contributed by atoms with van der Waals surface area (Å²) < 4.78 is 5.30. The molecule has 1 aliphatic carbocycles. The van der Waals surface area contributed by atoms with Crippen LogP contribution in [0.25, 0.3) is 0 Å². The fourth-order valence-electron chi connectivity index (χ4n) is 2.22. The minimum absolute atomic E-state index is 0. The molecule has 0 heterocycles. The first-order valence-corrected chi connectivity index (χ1v) is 5.33. The van der Waals surface area contributed by atoms with E-state index in [0.29, 0.717) is 0 Å². The van der Waals surface area contributed by atoms with Crippen LogP contribution in [0.2, 0.25) is 0 Å². The molecule has 2 rings (SSSR count). The summed E-state index contributed by atoms with van der Waals surface area (Å²) in [6.45, 7) is 0. The van der Waals surface area contributed by atoms with Crippen molar-refractivity contribution in [1.29, 1.82) is 0 Å². The van der Waals surface area contributed by atoms with Crippen LogP contribution >= 0.6 is 12.4 Å². The zero-order valence-electron chi connectivity index (χ0n) is 9.35. The minimum Gasteiger partial charge on any atom is -0.496 e. The van der Waals surface area contributed by atoms with E-state index in [1.165, 1.54) is 0 Å². The molecule has 0 bridgehead atoms. The maximum absolute atomic E-state index is 10.0. The van der Waals surface area contributed by atoms with Crippen molar-refractivity contribution in [3.63, 3.8) is 0 Å². The number of rotatable bonds is 1. The number of benzene rings is 1. The van der Waals surface area contributed by atoms with Gasteiger partial charge in [0.2, 0.25) is 0 Å². The van der Waals surface area contributed by atoms with Gasteiger partial charge in [-0.25, -0.2) is 0 Å². The molecule has 0 saturated heterocycles. The summed E-state index contributed by atoms with van der Waals surface area (Å²) in [7, 11) is 1.66. The zero-order chi connectivity index (χ0) is 10.8. The van der Waals surface area contributed by atoms with Gasteiger partial charge in [-0.1, -0.05) is 12.1 Å². The van der Waals surface area contributed by atoms with E-state index in [2.05, 4.69) is 0 Å². The smallest absolute Gasteiger partial charge is 0.122 e. The molecule has 90 valence electrons. The van der Waals surface area contributed by atoms with Gasteiger partial charge in [-0.15, -0.1) is 12.4 Å². The predicted octanol–water partition coefficient (Wildman–Crippen LogP) is 1.81. The van der Waals surface area contributed by atoms with Crippen molar-refractivity contribution in [3.05, 3.63) is 29.3 Å². The molecular formula is C12H18ClNO2. The van der Waals surface area contributed by atoms with E-state index in [9.17, 15) is 5.11 Å². The van der Waals surface area contributed by atoms with Crippen LogP contribution < -0.4 is 10.5 Å². The summed E-state index contributed by atoms with van der Waals surface area (Å²) >= 11 is 0. The van der Waals surface area contributed by atoms with Crippen LogP contribution in [0.3, 0.4) is 0 Å². The number of ether oxygens (including phenoxy) is 1. The summed E-state index contributed by atoms with van der Waals surface area (Å²) in [5.74, 6) is 0.862.